The number of ether oxygens (including phenoxy) is 1. The highest BCUT2D eigenvalue weighted by molar-refractivity contribution is 7.80. The minimum absolute atomic E-state index is 0.141. The summed E-state index contributed by atoms with van der Waals surface area (Å²) >= 11 is 11.7. The Hall–Kier alpha value is -2.84. The van der Waals surface area contributed by atoms with E-state index in [-0.39, 0.29) is 23.5 Å². The first-order valence-electron chi connectivity index (χ1n) is 10.1. The van der Waals surface area contributed by atoms with Crippen LogP contribution in [0.25, 0.3) is 0 Å². The Morgan fingerprint density at radius 3 is 2.45 bits per heavy atom. The summed E-state index contributed by atoms with van der Waals surface area (Å²) in [6, 6.07) is 14.6. The number of benzene rings is 2. The van der Waals surface area contributed by atoms with E-state index in [2.05, 4.69) is 15.5 Å². The molecule has 1 heterocycles. The van der Waals surface area contributed by atoms with E-state index < -0.39 is 0 Å². The van der Waals surface area contributed by atoms with Crippen molar-refractivity contribution < 1.29 is 14.3 Å². The molecule has 0 radical (unpaired) electrons. The lowest BCUT2D eigenvalue weighted by atomic mass is 10.2. The Balaban J connectivity index is 1.49. The molecule has 0 spiro atoms. The van der Waals surface area contributed by atoms with Gasteiger partial charge in [-0.3, -0.25) is 14.9 Å². The summed E-state index contributed by atoms with van der Waals surface area (Å²) in [6.45, 7) is 4.56. The minimum Gasteiger partial charge on any atom is -0.484 e. The number of carbonyl (C=O) groups is 2. The summed E-state index contributed by atoms with van der Waals surface area (Å²) in [5, 5.41) is 6.28. The second-order valence-corrected chi connectivity index (χ2v) is 7.81. The Labute approximate surface area is 192 Å². The van der Waals surface area contributed by atoms with E-state index in [9.17, 15) is 9.59 Å². The Morgan fingerprint density at radius 2 is 1.81 bits per heavy atom. The summed E-state index contributed by atoms with van der Waals surface area (Å²) in [6.07, 6.45) is 0.524. The van der Waals surface area contributed by atoms with Crippen LogP contribution in [0, 0.1) is 0 Å². The van der Waals surface area contributed by atoms with Gasteiger partial charge < -0.3 is 19.9 Å². The molecule has 0 saturated carbocycles. The normalized spacial score (nSPS) is 13.5. The highest BCUT2D eigenvalue weighted by Gasteiger charge is 2.21. The molecular formula is C22H25ClN4O3S. The molecular weight excluding hydrogens is 436 g/mol. The SMILES string of the molecule is CCC(=O)N1CCN(c2ccc(NC(=S)NC(=O)COc3ccccc3)cc2Cl)CC1. The smallest absolute Gasteiger partial charge is 0.264 e. The maximum absolute atomic E-state index is 12.0. The van der Waals surface area contributed by atoms with Gasteiger partial charge in [-0.15, -0.1) is 0 Å². The molecule has 164 valence electrons. The second-order valence-electron chi connectivity index (χ2n) is 6.99. The molecule has 2 aromatic rings. The number of thiocarbonyl (C=S) groups is 1. The molecule has 7 nitrogen and oxygen atoms in total. The lowest BCUT2D eigenvalue weighted by molar-refractivity contribution is -0.131. The average molecular weight is 461 g/mol. The Morgan fingerprint density at radius 1 is 1.10 bits per heavy atom. The summed E-state index contributed by atoms with van der Waals surface area (Å²) in [4.78, 5) is 27.9. The summed E-state index contributed by atoms with van der Waals surface area (Å²) in [5.41, 5.74) is 1.57. The first kappa shape index (κ1) is 22.8. The number of para-hydroxylation sites is 1. The molecule has 3 rings (SSSR count). The quantitative estimate of drug-likeness (QED) is 0.644. The van der Waals surface area contributed by atoms with E-state index in [0.717, 1.165) is 18.8 Å². The zero-order chi connectivity index (χ0) is 22.2. The molecule has 1 saturated heterocycles. The molecule has 2 N–H and O–H groups in total. The van der Waals surface area contributed by atoms with Crippen LogP contribution in [0.3, 0.4) is 0 Å². The molecule has 1 fully saturated rings. The van der Waals surface area contributed by atoms with E-state index >= 15 is 0 Å². The topological polar surface area (TPSA) is 73.9 Å². The van der Waals surface area contributed by atoms with E-state index in [0.29, 0.717) is 36.0 Å². The van der Waals surface area contributed by atoms with Crippen LogP contribution in [-0.2, 0) is 9.59 Å². The van der Waals surface area contributed by atoms with Crippen molar-refractivity contribution in [1.29, 1.82) is 0 Å². The second kappa shape index (κ2) is 11.0. The zero-order valence-electron chi connectivity index (χ0n) is 17.3. The highest BCUT2D eigenvalue weighted by Crippen LogP contribution is 2.29. The summed E-state index contributed by atoms with van der Waals surface area (Å²) in [5.74, 6) is 0.428. The Kier molecular flexibility index (Phi) is 8.08. The van der Waals surface area contributed by atoms with Crippen molar-refractivity contribution in [2.24, 2.45) is 0 Å². The van der Waals surface area contributed by atoms with Crippen molar-refractivity contribution in [3.63, 3.8) is 0 Å². The molecule has 31 heavy (non-hydrogen) atoms. The third-order valence-electron chi connectivity index (χ3n) is 4.85. The van der Waals surface area contributed by atoms with E-state index in [1.54, 1.807) is 18.2 Å². The lowest BCUT2D eigenvalue weighted by Gasteiger charge is -2.36. The van der Waals surface area contributed by atoms with Gasteiger partial charge in [0.05, 0.1) is 10.7 Å². The van der Waals surface area contributed by atoms with Crippen LogP contribution < -0.4 is 20.3 Å². The molecule has 0 aliphatic carbocycles. The van der Waals surface area contributed by atoms with Gasteiger partial charge in [0.15, 0.2) is 11.7 Å². The van der Waals surface area contributed by atoms with E-state index in [4.69, 9.17) is 28.6 Å². The van der Waals surface area contributed by atoms with Crippen molar-refractivity contribution in [3.05, 3.63) is 53.6 Å². The Bertz CT molecular complexity index is 934. The van der Waals surface area contributed by atoms with Crippen molar-refractivity contribution >= 4 is 52.1 Å². The predicted molar refractivity (Wildman–Crippen MR) is 127 cm³/mol. The lowest BCUT2D eigenvalue weighted by Crippen LogP contribution is -2.48. The van der Waals surface area contributed by atoms with Gasteiger partial charge in [0, 0.05) is 38.3 Å². The minimum atomic E-state index is -0.358. The maximum atomic E-state index is 12.0. The van der Waals surface area contributed by atoms with Crippen LogP contribution >= 0.6 is 23.8 Å². The number of hydrogen-bond donors (Lipinski definition) is 2. The number of halogens is 1. The van der Waals surface area contributed by atoms with Gasteiger partial charge in [0.1, 0.15) is 5.75 Å². The molecule has 2 amide bonds. The summed E-state index contributed by atoms with van der Waals surface area (Å²) in [7, 11) is 0. The molecule has 0 bridgehead atoms. The van der Waals surface area contributed by atoms with Gasteiger partial charge in [0.2, 0.25) is 5.91 Å². The van der Waals surface area contributed by atoms with Gasteiger partial charge >= 0.3 is 0 Å². The first-order chi connectivity index (χ1) is 15.0. The van der Waals surface area contributed by atoms with Crippen LogP contribution in [0.1, 0.15) is 13.3 Å². The van der Waals surface area contributed by atoms with Gasteiger partial charge in [-0.2, -0.15) is 0 Å². The van der Waals surface area contributed by atoms with Gasteiger partial charge in [-0.05, 0) is 42.5 Å². The monoisotopic (exact) mass is 460 g/mol. The maximum Gasteiger partial charge on any atom is 0.264 e. The number of piperazine rings is 1. The van der Waals surface area contributed by atoms with Crippen LogP contribution in [0.15, 0.2) is 48.5 Å². The fourth-order valence-corrected chi connectivity index (χ4v) is 3.78. The first-order valence-corrected chi connectivity index (χ1v) is 10.9. The average Bonchev–Trinajstić information content (AvgIpc) is 2.78. The number of nitrogens with zero attached hydrogens (tertiary/aromatic N) is 2. The van der Waals surface area contributed by atoms with Crippen molar-refractivity contribution in [2.75, 3.05) is 43.0 Å². The molecule has 1 aliphatic rings. The standard InChI is InChI=1S/C22H25ClN4O3S/c1-2-21(29)27-12-10-26(11-13-27)19-9-8-16(14-18(19)23)24-22(31)25-20(28)15-30-17-6-4-3-5-7-17/h3-9,14H,2,10-13,15H2,1H3,(H2,24,25,28,31). The van der Waals surface area contributed by atoms with Crippen LogP contribution in [-0.4, -0.2) is 54.6 Å². The van der Waals surface area contributed by atoms with Crippen molar-refractivity contribution in [2.45, 2.75) is 13.3 Å². The largest absolute Gasteiger partial charge is 0.484 e. The van der Waals surface area contributed by atoms with Gasteiger partial charge in [-0.25, -0.2) is 0 Å². The number of amides is 2. The molecule has 1 aliphatic heterocycles. The van der Waals surface area contributed by atoms with Crippen LogP contribution in [0.5, 0.6) is 5.75 Å². The molecule has 0 unspecified atom stereocenters. The van der Waals surface area contributed by atoms with Crippen LogP contribution in [0.2, 0.25) is 5.02 Å². The fraction of sp³-hybridized carbons (Fsp3) is 0.318. The number of anilines is 2. The third kappa shape index (κ3) is 6.57. The number of nitrogens with one attached hydrogen (secondary N) is 2. The van der Waals surface area contributed by atoms with E-state index in [1.165, 1.54) is 0 Å². The number of carbonyl (C=O) groups excluding carboxylic acids is 2. The van der Waals surface area contributed by atoms with Gasteiger partial charge in [-0.1, -0.05) is 36.7 Å². The predicted octanol–water partition coefficient (Wildman–Crippen LogP) is 3.29. The number of hydrogen-bond acceptors (Lipinski definition) is 5. The number of rotatable bonds is 6. The summed E-state index contributed by atoms with van der Waals surface area (Å²) < 4.78 is 5.40. The van der Waals surface area contributed by atoms with Gasteiger partial charge in [0.25, 0.3) is 5.91 Å². The molecule has 9 heteroatoms. The fourth-order valence-electron chi connectivity index (χ4n) is 3.25. The zero-order valence-corrected chi connectivity index (χ0v) is 18.8. The van der Waals surface area contributed by atoms with Crippen molar-refractivity contribution in [1.82, 2.24) is 10.2 Å². The van der Waals surface area contributed by atoms with Crippen molar-refractivity contribution in [3.8, 4) is 5.75 Å². The van der Waals surface area contributed by atoms with E-state index in [1.807, 2.05) is 42.2 Å². The highest BCUT2D eigenvalue weighted by atomic mass is 35.5. The van der Waals surface area contributed by atoms with Crippen LogP contribution in [0.4, 0.5) is 11.4 Å². The molecule has 0 atom stereocenters. The molecule has 0 aromatic heterocycles. The molecule has 2 aromatic carbocycles. The third-order valence-corrected chi connectivity index (χ3v) is 5.35.